The van der Waals surface area contributed by atoms with Crippen LogP contribution in [0.15, 0.2) is 47.6 Å². The number of fused-ring (bicyclic) bond motifs is 3. The molecule has 1 aliphatic heterocycles. The maximum Gasteiger partial charge on any atom is 0.313 e. The van der Waals surface area contributed by atoms with E-state index in [1.54, 1.807) is 0 Å². The van der Waals surface area contributed by atoms with Crippen molar-refractivity contribution in [1.82, 2.24) is 0 Å². The Morgan fingerprint density at radius 3 is 2.42 bits per heavy atom. The van der Waals surface area contributed by atoms with Crippen LogP contribution in [-0.2, 0) is 9.53 Å². The second-order valence-corrected chi connectivity index (χ2v) is 11.1. The van der Waals surface area contributed by atoms with Gasteiger partial charge in [0.2, 0.25) is 0 Å². The number of ether oxygens (including phenoxy) is 1. The first-order valence-corrected chi connectivity index (χ1v) is 12.8. The normalized spacial score (nSPS) is 46.6. The lowest BCUT2D eigenvalue weighted by Crippen LogP contribution is -2.54. The van der Waals surface area contributed by atoms with Crippen molar-refractivity contribution in [3.05, 3.63) is 47.6 Å². The van der Waals surface area contributed by atoms with Crippen molar-refractivity contribution < 1.29 is 19.7 Å². The van der Waals surface area contributed by atoms with E-state index in [-0.39, 0.29) is 41.7 Å². The molecule has 1 heterocycles. The van der Waals surface area contributed by atoms with Crippen molar-refractivity contribution in [3.63, 3.8) is 0 Å². The number of hydrogen-bond donors (Lipinski definition) is 2. The van der Waals surface area contributed by atoms with Crippen LogP contribution < -0.4 is 0 Å². The summed E-state index contributed by atoms with van der Waals surface area (Å²) in [4.78, 5) is 13.8. The summed E-state index contributed by atoms with van der Waals surface area (Å²) in [5.41, 5.74) is 1.39. The SMILES string of the molecule is CC1=CC2C(O)C(C)CCC2C2(C)C(=O)OC(C)CCC/C=C(\C)C(O)C(C)/C=C/C=C/C12. The van der Waals surface area contributed by atoms with Gasteiger partial charge in [0, 0.05) is 17.8 Å². The lowest BCUT2D eigenvalue weighted by atomic mass is 9.52. The van der Waals surface area contributed by atoms with Crippen LogP contribution in [0.2, 0.25) is 0 Å². The van der Waals surface area contributed by atoms with Gasteiger partial charge in [-0.25, -0.2) is 0 Å². The third-order valence-corrected chi connectivity index (χ3v) is 8.56. The Morgan fingerprint density at radius 2 is 1.70 bits per heavy atom. The zero-order chi connectivity index (χ0) is 24.3. The van der Waals surface area contributed by atoms with E-state index in [1.165, 1.54) is 0 Å². The van der Waals surface area contributed by atoms with Gasteiger partial charge in [0.05, 0.1) is 23.7 Å². The minimum absolute atomic E-state index is 0.0106. The van der Waals surface area contributed by atoms with Gasteiger partial charge in [-0.05, 0) is 77.2 Å². The van der Waals surface area contributed by atoms with Gasteiger partial charge in [-0.3, -0.25) is 4.79 Å². The van der Waals surface area contributed by atoms with Crippen LogP contribution >= 0.6 is 0 Å². The molecule has 3 aliphatic rings. The maximum absolute atomic E-state index is 13.8. The fourth-order valence-electron chi connectivity index (χ4n) is 6.24. The Morgan fingerprint density at radius 1 is 1.00 bits per heavy atom. The Bertz CT molecular complexity index is 821. The molecule has 33 heavy (non-hydrogen) atoms. The number of cyclic esters (lactones) is 1. The number of carbonyl (C=O) groups is 1. The average molecular weight is 457 g/mol. The fraction of sp³-hybridized carbons (Fsp3) is 0.690. The number of carbonyl (C=O) groups excluding carboxylic acids is 1. The summed E-state index contributed by atoms with van der Waals surface area (Å²) < 4.78 is 6.08. The minimum atomic E-state index is -0.720. The summed E-state index contributed by atoms with van der Waals surface area (Å²) in [6, 6.07) is 0. The third-order valence-electron chi connectivity index (χ3n) is 8.56. The van der Waals surface area contributed by atoms with Crippen LogP contribution in [0.1, 0.15) is 73.6 Å². The van der Waals surface area contributed by atoms with Crippen LogP contribution in [0.4, 0.5) is 0 Å². The van der Waals surface area contributed by atoms with Gasteiger partial charge in [0.1, 0.15) is 0 Å². The molecule has 4 nitrogen and oxygen atoms in total. The van der Waals surface area contributed by atoms with Gasteiger partial charge in [-0.1, -0.05) is 55.9 Å². The topological polar surface area (TPSA) is 66.8 Å². The van der Waals surface area contributed by atoms with Crippen LogP contribution in [0.25, 0.3) is 0 Å². The molecule has 3 rings (SSSR count). The quantitative estimate of drug-likeness (QED) is 0.359. The Balaban J connectivity index is 2.00. The summed E-state index contributed by atoms with van der Waals surface area (Å²) >= 11 is 0. The molecule has 1 saturated carbocycles. The Labute approximate surface area is 200 Å². The van der Waals surface area contributed by atoms with E-state index in [9.17, 15) is 15.0 Å². The van der Waals surface area contributed by atoms with Gasteiger partial charge in [0.15, 0.2) is 0 Å². The molecular formula is C29H44O4. The second-order valence-electron chi connectivity index (χ2n) is 11.1. The fourth-order valence-corrected chi connectivity index (χ4v) is 6.24. The Hall–Kier alpha value is -1.65. The van der Waals surface area contributed by atoms with E-state index in [0.29, 0.717) is 0 Å². The first-order chi connectivity index (χ1) is 15.6. The summed E-state index contributed by atoms with van der Waals surface area (Å²) in [5.74, 6) is 0.0569. The molecule has 0 saturated heterocycles. The highest BCUT2D eigenvalue weighted by Gasteiger charge is 2.56. The molecule has 9 unspecified atom stereocenters. The number of hydrogen-bond acceptors (Lipinski definition) is 4. The predicted molar refractivity (Wildman–Crippen MR) is 133 cm³/mol. The van der Waals surface area contributed by atoms with Crippen LogP contribution in [-0.4, -0.2) is 34.5 Å². The molecule has 2 N–H and O–H groups in total. The summed E-state index contributed by atoms with van der Waals surface area (Å²) in [6.07, 6.45) is 15.8. The lowest BCUT2D eigenvalue weighted by Gasteiger charge is -2.52. The largest absolute Gasteiger partial charge is 0.462 e. The van der Waals surface area contributed by atoms with Crippen molar-refractivity contribution in [1.29, 1.82) is 0 Å². The zero-order valence-corrected chi connectivity index (χ0v) is 21.3. The molecular weight excluding hydrogens is 412 g/mol. The van der Waals surface area contributed by atoms with E-state index in [4.69, 9.17) is 4.74 Å². The first kappa shape index (κ1) is 26.0. The lowest BCUT2D eigenvalue weighted by molar-refractivity contribution is -0.172. The van der Waals surface area contributed by atoms with E-state index in [1.807, 2.05) is 39.0 Å². The molecule has 0 radical (unpaired) electrons. The molecule has 2 aliphatic carbocycles. The monoisotopic (exact) mass is 456 g/mol. The van der Waals surface area contributed by atoms with Crippen molar-refractivity contribution >= 4 is 5.97 Å². The van der Waals surface area contributed by atoms with Crippen LogP contribution in [0.3, 0.4) is 0 Å². The van der Waals surface area contributed by atoms with E-state index < -0.39 is 17.6 Å². The van der Waals surface area contributed by atoms with Crippen molar-refractivity contribution in [2.24, 2.45) is 35.0 Å². The highest BCUT2D eigenvalue weighted by Crippen LogP contribution is 2.55. The molecule has 0 aromatic carbocycles. The maximum atomic E-state index is 13.8. The molecule has 9 atom stereocenters. The molecule has 0 spiro atoms. The third kappa shape index (κ3) is 5.38. The molecule has 4 heteroatoms. The van der Waals surface area contributed by atoms with E-state index in [0.717, 1.165) is 43.3 Å². The molecule has 0 aromatic rings. The molecule has 184 valence electrons. The van der Waals surface area contributed by atoms with Gasteiger partial charge >= 0.3 is 5.97 Å². The predicted octanol–water partition coefficient (Wildman–Crippen LogP) is 5.76. The number of allylic oxidation sites excluding steroid dienone is 5. The Kier molecular flexibility index (Phi) is 8.45. The molecule has 0 bridgehead atoms. The number of esters is 1. The summed E-state index contributed by atoms with van der Waals surface area (Å²) in [6.45, 7) is 12.2. The minimum Gasteiger partial charge on any atom is -0.462 e. The summed E-state index contributed by atoms with van der Waals surface area (Å²) in [7, 11) is 0. The van der Waals surface area contributed by atoms with Gasteiger partial charge in [-0.2, -0.15) is 0 Å². The number of aliphatic hydroxyl groups is 2. The smallest absolute Gasteiger partial charge is 0.313 e. The van der Waals surface area contributed by atoms with Crippen molar-refractivity contribution in [2.45, 2.75) is 92.0 Å². The van der Waals surface area contributed by atoms with Gasteiger partial charge in [-0.15, -0.1) is 0 Å². The van der Waals surface area contributed by atoms with Crippen LogP contribution in [0, 0.1) is 35.0 Å². The van der Waals surface area contributed by atoms with E-state index >= 15 is 0 Å². The molecule has 0 aromatic heterocycles. The summed E-state index contributed by atoms with van der Waals surface area (Å²) in [5, 5.41) is 21.6. The molecule has 1 fully saturated rings. The highest BCUT2D eigenvalue weighted by atomic mass is 16.5. The van der Waals surface area contributed by atoms with Crippen LogP contribution in [0.5, 0.6) is 0 Å². The number of rotatable bonds is 0. The second kappa shape index (κ2) is 10.7. The van der Waals surface area contributed by atoms with Crippen molar-refractivity contribution in [3.8, 4) is 0 Å². The van der Waals surface area contributed by atoms with E-state index in [2.05, 4.69) is 39.0 Å². The highest BCUT2D eigenvalue weighted by molar-refractivity contribution is 5.79. The first-order valence-electron chi connectivity index (χ1n) is 12.8. The average Bonchev–Trinajstić information content (AvgIpc) is 2.77. The standard InChI is InChI=1S/C29H44O4/c1-18-11-7-9-13-22(5)33-28(32)29(6)24(14-10-8-12-19(2)26(18)30)21(4)17-23-25(29)16-15-20(3)27(23)31/h8,10-12,14,17,19-20,22-27,30-31H,7,9,13,15-16H2,1-6H3/b12-8+,14-10+,18-11+. The van der Waals surface area contributed by atoms with Gasteiger partial charge in [0.25, 0.3) is 0 Å². The van der Waals surface area contributed by atoms with Crippen molar-refractivity contribution in [2.75, 3.05) is 0 Å². The zero-order valence-electron chi connectivity index (χ0n) is 21.3. The van der Waals surface area contributed by atoms with Gasteiger partial charge < -0.3 is 14.9 Å². The molecule has 0 amide bonds. The number of aliphatic hydroxyl groups excluding tert-OH is 2.